The lowest BCUT2D eigenvalue weighted by Crippen LogP contribution is -2.63. The van der Waals surface area contributed by atoms with Crippen LogP contribution in [0.15, 0.2) is 0 Å². The van der Waals surface area contributed by atoms with Crippen LogP contribution >= 0.6 is 0 Å². The van der Waals surface area contributed by atoms with Crippen LogP contribution in [0.4, 0.5) is 39.5 Å². The lowest BCUT2D eigenvalue weighted by molar-refractivity contribution is -0.390. The highest BCUT2D eigenvalue weighted by atomic mass is 19.5. The van der Waals surface area contributed by atoms with E-state index in [0.29, 0.717) is 0 Å². The Morgan fingerprint density at radius 2 is 1.06 bits per heavy atom. The third kappa shape index (κ3) is 1.78. The second-order valence-electron chi connectivity index (χ2n) is 2.53. The summed E-state index contributed by atoms with van der Waals surface area (Å²) in [6, 6.07) is 0. The average molecular weight is 269 g/mol. The number of carboxylic acids is 1. The van der Waals surface area contributed by atoms with Gasteiger partial charge in [-0.05, 0) is 0 Å². The Labute approximate surface area is 80.6 Å². The van der Waals surface area contributed by atoms with Crippen LogP contribution in [0.2, 0.25) is 0 Å². The molecule has 0 saturated heterocycles. The molecule has 11 heteroatoms. The number of hydrogen-bond donors (Lipinski definition) is 1. The van der Waals surface area contributed by atoms with Crippen LogP contribution in [0.3, 0.4) is 0 Å². The molecule has 0 fully saturated rings. The van der Waals surface area contributed by atoms with Crippen LogP contribution in [0, 0.1) is 0 Å². The second-order valence-corrected chi connectivity index (χ2v) is 2.53. The minimum absolute atomic E-state index is 3.79. The summed E-state index contributed by atoms with van der Waals surface area (Å²) in [5.41, 5.74) is 0. The van der Waals surface area contributed by atoms with E-state index < -0.39 is 29.9 Å². The summed E-state index contributed by atoms with van der Waals surface area (Å²) < 4.78 is 106. The Morgan fingerprint density at radius 1 is 0.750 bits per heavy atom. The van der Waals surface area contributed by atoms with E-state index in [1.54, 1.807) is 0 Å². The fourth-order valence-corrected chi connectivity index (χ4v) is 0.509. The molecule has 0 aliphatic rings. The SMILES string of the molecule is O=[13C](O)[13C](F)(F)[13C](F)(F)[13C](F)(F)[13C](F)(F)F. The molecule has 0 saturated carbocycles. The van der Waals surface area contributed by atoms with E-state index in [2.05, 4.69) is 0 Å². The number of carbonyl (C=O) groups is 1. The molecule has 96 valence electrons. The quantitative estimate of drug-likeness (QED) is 0.631. The van der Waals surface area contributed by atoms with E-state index in [-0.39, 0.29) is 0 Å². The van der Waals surface area contributed by atoms with Gasteiger partial charge in [0.2, 0.25) is 0 Å². The first-order chi connectivity index (χ1) is 6.69. The molecule has 0 radical (unpaired) electrons. The van der Waals surface area contributed by atoms with Gasteiger partial charge in [0.05, 0.1) is 0 Å². The van der Waals surface area contributed by atoms with E-state index in [1.807, 2.05) is 0 Å². The molecule has 0 atom stereocenters. The Morgan fingerprint density at radius 3 is 1.25 bits per heavy atom. The Kier molecular flexibility index (Phi) is 3.17. The van der Waals surface area contributed by atoms with Crippen molar-refractivity contribution in [3.63, 3.8) is 0 Å². The highest BCUT2D eigenvalue weighted by molar-refractivity contribution is 5.77. The predicted molar refractivity (Wildman–Crippen MR) is 28.5 cm³/mol. The van der Waals surface area contributed by atoms with Gasteiger partial charge >= 0.3 is 29.9 Å². The zero-order chi connectivity index (χ0) is 13.6. The third-order valence-corrected chi connectivity index (χ3v) is 1.41. The van der Waals surface area contributed by atoms with Gasteiger partial charge in [0, 0.05) is 0 Å². The lowest BCUT2D eigenvalue weighted by atomic mass is 11.0. The molecule has 0 unspecified atom stereocenters. The maximum atomic E-state index is 12.1. The van der Waals surface area contributed by atoms with Gasteiger partial charge < -0.3 is 5.11 Å². The summed E-state index contributed by atoms with van der Waals surface area (Å²) in [6.07, 6.45) is -7.00. The number of carboxylic acid groups (broad SMARTS) is 1. The highest BCUT2D eigenvalue weighted by Gasteiger charge is 2.84. The predicted octanol–water partition coefficient (Wildman–Crippen LogP) is 2.54. The number of rotatable bonds is 3. The summed E-state index contributed by atoms with van der Waals surface area (Å²) >= 11 is 0. The summed E-state index contributed by atoms with van der Waals surface area (Å²) in [4.78, 5) is 9.51. The topological polar surface area (TPSA) is 37.3 Å². The smallest absolute Gasteiger partial charge is 0.460 e. The van der Waals surface area contributed by atoms with Crippen molar-refractivity contribution in [2.75, 3.05) is 0 Å². The summed E-state index contributed by atoms with van der Waals surface area (Å²) in [5.74, 6) is -24.6. The summed E-state index contributed by atoms with van der Waals surface area (Å²) in [6.45, 7) is 0. The van der Waals surface area contributed by atoms with Crippen LogP contribution < -0.4 is 0 Å². The van der Waals surface area contributed by atoms with Crippen molar-refractivity contribution in [3.8, 4) is 0 Å². The molecule has 0 bridgehead atoms. The van der Waals surface area contributed by atoms with Crippen molar-refractivity contribution >= 4 is 5.97 Å². The van der Waals surface area contributed by atoms with Crippen LogP contribution in [-0.2, 0) is 4.79 Å². The molecule has 0 aliphatic heterocycles. The van der Waals surface area contributed by atoms with Crippen molar-refractivity contribution < 1.29 is 49.4 Å². The van der Waals surface area contributed by atoms with Crippen molar-refractivity contribution in [2.24, 2.45) is 0 Å². The van der Waals surface area contributed by atoms with Crippen LogP contribution in [0.1, 0.15) is 0 Å². The Balaban J connectivity index is 5.62. The fourth-order valence-electron chi connectivity index (χ4n) is 0.509. The molecule has 0 aromatic carbocycles. The lowest BCUT2D eigenvalue weighted by Gasteiger charge is -2.31. The van der Waals surface area contributed by atoms with Crippen molar-refractivity contribution in [1.82, 2.24) is 0 Å². The summed E-state index contributed by atoms with van der Waals surface area (Å²) in [7, 11) is 0. The third-order valence-electron chi connectivity index (χ3n) is 1.41. The number of hydrogen-bond acceptors (Lipinski definition) is 1. The Bertz CT molecular complexity index is 291. The van der Waals surface area contributed by atoms with Gasteiger partial charge in [-0.3, -0.25) is 0 Å². The van der Waals surface area contributed by atoms with E-state index in [1.165, 1.54) is 0 Å². The van der Waals surface area contributed by atoms with Gasteiger partial charge in [0.1, 0.15) is 0 Å². The molecular formula is C5HF9O2. The maximum absolute atomic E-state index is 12.1. The van der Waals surface area contributed by atoms with E-state index in [9.17, 15) is 44.3 Å². The van der Waals surface area contributed by atoms with Crippen molar-refractivity contribution in [1.29, 1.82) is 0 Å². The first-order valence-electron chi connectivity index (χ1n) is 3.13. The van der Waals surface area contributed by atoms with Gasteiger partial charge in [-0.25, -0.2) is 4.79 Å². The molecule has 0 spiro atoms. The normalized spacial score (nSPS) is 15.1. The molecule has 0 aromatic heterocycles. The minimum Gasteiger partial charge on any atom is -0.477 e. The Hall–Kier alpha value is -1.16. The van der Waals surface area contributed by atoms with Gasteiger partial charge in [0.25, 0.3) is 0 Å². The largest absolute Gasteiger partial charge is 0.477 e. The van der Waals surface area contributed by atoms with Crippen LogP contribution in [-0.4, -0.2) is 35.0 Å². The molecule has 0 rings (SSSR count). The fraction of sp³-hybridized carbons (Fsp3) is 0.800. The summed E-state index contributed by atoms with van der Waals surface area (Å²) in [5, 5.41) is 7.48. The number of aliphatic carboxylic acids is 1. The zero-order valence-corrected chi connectivity index (χ0v) is 6.76. The first kappa shape index (κ1) is 14.8. The highest BCUT2D eigenvalue weighted by Crippen LogP contribution is 2.52. The first-order valence-corrected chi connectivity index (χ1v) is 3.13. The molecular weight excluding hydrogens is 268 g/mol. The molecule has 1 N–H and O–H groups in total. The average Bonchev–Trinajstić information content (AvgIpc) is 2.00. The maximum Gasteiger partial charge on any atom is 0.460 e. The number of alkyl halides is 9. The number of halogens is 9. The molecule has 0 aliphatic carbocycles. The standard InChI is InChI=1S/C5HF9O2/c6-2(7,1(15)16)3(8,9)4(10,11)5(12,13)14/h(H,15,16)/i1+1,2+1,3+1,4+1,5+1. The van der Waals surface area contributed by atoms with Crippen LogP contribution in [0.25, 0.3) is 0 Å². The molecule has 0 aromatic rings. The van der Waals surface area contributed by atoms with Crippen LogP contribution in [0.5, 0.6) is 0 Å². The van der Waals surface area contributed by atoms with Crippen molar-refractivity contribution in [2.45, 2.75) is 23.9 Å². The van der Waals surface area contributed by atoms with Gasteiger partial charge in [-0.1, -0.05) is 0 Å². The molecule has 0 heterocycles. The molecule has 16 heavy (non-hydrogen) atoms. The zero-order valence-electron chi connectivity index (χ0n) is 6.76. The molecule has 2 nitrogen and oxygen atoms in total. The van der Waals surface area contributed by atoms with E-state index in [4.69, 9.17) is 5.11 Å². The molecule has 0 amide bonds. The van der Waals surface area contributed by atoms with E-state index in [0.717, 1.165) is 0 Å². The van der Waals surface area contributed by atoms with Gasteiger partial charge in [-0.15, -0.1) is 0 Å². The van der Waals surface area contributed by atoms with Crippen molar-refractivity contribution in [3.05, 3.63) is 0 Å². The second kappa shape index (κ2) is 3.42. The van der Waals surface area contributed by atoms with E-state index >= 15 is 0 Å². The van der Waals surface area contributed by atoms with Gasteiger partial charge in [0.15, 0.2) is 0 Å². The van der Waals surface area contributed by atoms with Gasteiger partial charge in [-0.2, -0.15) is 39.5 Å². The minimum atomic E-state index is -7.16. The monoisotopic (exact) mass is 269 g/mol.